The third-order valence-electron chi connectivity index (χ3n) is 8.22. The maximum atomic E-state index is 11.9. The summed E-state index contributed by atoms with van der Waals surface area (Å²) in [5.41, 5.74) is 4.91. The van der Waals surface area contributed by atoms with E-state index in [-0.39, 0.29) is 10.8 Å². The Morgan fingerprint density at radius 1 is 1.08 bits per heavy atom. The van der Waals surface area contributed by atoms with Gasteiger partial charge in [0.05, 0.1) is 0 Å². The van der Waals surface area contributed by atoms with Gasteiger partial charge in [-0.15, -0.1) is 0 Å². The van der Waals surface area contributed by atoms with E-state index in [4.69, 9.17) is 4.98 Å². The molecule has 0 aromatic carbocycles. The van der Waals surface area contributed by atoms with E-state index in [0.29, 0.717) is 5.78 Å². The van der Waals surface area contributed by atoms with Gasteiger partial charge < -0.3 is 0 Å². The van der Waals surface area contributed by atoms with Crippen molar-refractivity contribution in [3.63, 3.8) is 0 Å². The van der Waals surface area contributed by atoms with Crippen LogP contribution in [0.4, 0.5) is 0 Å². The molecule has 0 amide bonds. The van der Waals surface area contributed by atoms with Crippen molar-refractivity contribution in [2.24, 2.45) is 23.2 Å². The molecule has 0 radical (unpaired) electrons. The van der Waals surface area contributed by atoms with Crippen LogP contribution in [0.2, 0.25) is 0 Å². The Labute approximate surface area is 144 Å². The lowest BCUT2D eigenvalue weighted by Gasteiger charge is -2.57. The molecule has 0 saturated heterocycles. The molecule has 2 nitrogen and oxygen atoms in total. The van der Waals surface area contributed by atoms with Crippen molar-refractivity contribution in [1.82, 2.24) is 4.98 Å². The molecule has 4 aliphatic carbocycles. The predicted octanol–water partition coefficient (Wildman–Crippen LogP) is 4.63. The van der Waals surface area contributed by atoms with Crippen molar-refractivity contribution >= 4 is 5.78 Å². The van der Waals surface area contributed by atoms with Gasteiger partial charge in [0.15, 0.2) is 5.78 Å². The van der Waals surface area contributed by atoms with Crippen molar-refractivity contribution in [2.45, 2.75) is 64.2 Å². The largest absolute Gasteiger partial charge is 0.295 e. The fourth-order valence-electron chi connectivity index (χ4n) is 6.90. The summed E-state index contributed by atoms with van der Waals surface area (Å²) >= 11 is 0. The normalized spacial score (nSPS) is 43.3. The summed E-state index contributed by atoms with van der Waals surface area (Å²) < 4.78 is 0. The van der Waals surface area contributed by atoms with Gasteiger partial charge >= 0.3 is 0 Å². The van der Waals surface area contributed by atoms with Crippen molar-refractivity contribution in [3.8, 4) is 0 Å². The van der Waals surface area contributed by atoms with Gasteiger partial charge in [-0.1, -0.05) is 25.5 Å². The standard InChI is InChI=1S/C22H27NO/c1-21-9-7-16(24)13-15(21)5-6-17-18(21)8-10-22(2)19(17)12-14-4-3-11-23-20(14)22/h3-4,11,13,17-19H,5-10,12H2,1-2H3/t17?,18?,19?,21-,22-/m0/s1. The van der Waals surface area contributed by atoms with Crippen LogP contribution in [0.1, 0.15) is 63.6 Å². The first-order valence-electron chi connectivity index (χ1n) is 9.71. The average molecular weight is 321 g/mol. The van der Waals surface area contributed by atoms with Crippen LogP contribution in [0.3, 0.4) is 0 Å². The first-order chi connectivity index (χ1) is 11.5. The molecule has 1 heterocycles. The van der Waals surface area contributed by atoms with E-state index in [2.05, 4.69) is 26.0 Å². The Kier molecular flexibility index (Phi) is 2.98. The van der Waals surface area contributed by atoms with E-state index in [9.17, 15) is 4.79 Å². The fraction of sp³-hybridized carbons (Fsp3) is 0.636. The van der Waals surface area contributed by atoms with Crippen LogP contribution in [0.15, 0.2) is 30.0 Å². The van der Waals surface area contributed by atoms with Gasteiger partial charge in [-0.3, -0.25) is 9.78 Å². The SMILES string of the molecule is C[C@]12CCC(=O)C=C1CCC1C2CC[C@]2(C)c3ncccc3CC12. The van der Waals surface area contributed by atoms with Crippen LogP contribution >= 0.6 is 0 Å². The molecule has 2 saturated carbocycles. The summed E-state index contributed by atoms with van der Waals surface area (Å²) in [5.74, 6) is 2.67. The molecule has 4 aliphatic rings. The van der Waals surface area contributed by atoms with Gasteiger partial charge in [-0.25, -0.2) is 0 Å². The molecule has 0 aliphatic heterocycles. The van der Waals surface area contributed by atoms with Crippen molar-refractivity contribution in [3.05, 3.63) is 41.2 Å². The average Bonchev–Trinajstić information content (AvgIpc) is 2.89. The Morgan fingerprint density at radius 3 is 2.83 bits per heavy atom. The van der Waals surface area contributed by atoms with Crippen LogP contribution in [0.5, 0.6) is 0 Å². The Bertz CT molecular complexity index is 750. The van der Waals surface area contributed by atoms with Crippen molar-refractivity contribution < 1.29 is 4.79 Å². The van der Waals surface area contributed by atoms with Crippen LogP contribution in [0.25, 0.3) is 0 Å². The van der Waals surface area contributed by atoms with E-state index in [0.717, 1.165) is 37.0 Å². The molecule has 0 N–H and O–H groups in total. The molecule has 1 aromatic heterocycles. The number of fused-ring (bicyclic) bond motifs is 7. The zero-order chi connectivity index (χ0) is 16.5. The summed E-state index contributed by atoms with van der Waals surface area (Å²) in [7, 11) is 0. The third-order valence-corrected chi connectivity index (χ3v) is 8.22. The van der Waals surface area contributed by atoms with E-state index in [1.165, 1.54) is 42.5 Å². The van der Waals surface area contributed by atoms with Gasteiger partial charge in [-0.05, 0) is 79.4 Å². The monoisotopic (exact) mass is 321 g/mol. The molecule has 126 valence electrons. The number of hydrogen-bond acceptors (Lipinski definition) is 2. The molecular weight excluding hydrogens is 294 g/mol. The molecule has 2 fully saturated rings. The highest BCUT2D eigenvalue weighted by Crippen LogP contribution is 2.64. The zero-order valence-corrected chi connectivity index (χ0v) is 14.8. The molecular formula is C22H27NO. The quantitative estimate of drug-likeness (QED) is 0.697. The van der Waals surface area contributed by atoms with Crippen LogP contribution in [0, 0.1) is 23.2 Å². The number of hydrogen-bond donors (Lipinski definition) is 0. The summed E-state index contributed by atoms with van der Waals surface area (Å²) in [6.45, 7) is 4.94. The number of carbonyl (C=O) groups excluding carboxylic acids is 1. The van der Waals surface area contributed by atoms with Gasteiger partial charge in [0.25, 0.3) is 0 Å². The smallest absolute Gasteiger partial charge is 0.155 e. The van der Waals surface area contributed by atoms with Crippen molar-refractivity contribution in [2.75, 3.05) is 0 Å². The minimum Gasteiger partial charge on any atom is -0.295 e. The van der Waals surface area contributed by atoms with Crippen LogP contribution in [-0.2, 0) is 16.6 Å². The number of rotatable bonds is 0. The number of allylic oxidation sites excluding steroid dienone is 2. The lowest BCUT2D eigenvalue weighted by molar-refractivity contribution is -0.117. The summed E-state index contributed by atoms with van der Waals surface area (Å²) in [5, 5.41) is 0. The second kappa shape index (κ2) is 4.80. The number of carbonyl (C=O) groups is 1. The van der Waals surface area contributed by atoms with Gasteiger partial charge in [0, 0.05) is 23.7 Å². The molecule has 0 spiro atoms. The van der Waals surface area contributed by atoms with Gasteiger partial charge in [0.1, 0.15) is 0 Å². The highest BCUT2D eigenvalue weighted by molar-refractivity contribution is 5.91. The number of aromatic nitrogens is 1. The Morgan fingerprint density at radius 2 is 1.96 bits per heavy atom. The lowest BCUT2D eigenvalue weighted by Crippen LogP contribution is -2.51. The predicted molar refractivity (Wildman–Crippen MR) is 94.7 cm³/mol. The third kappa shape index (κ3) is 1.78. The van der Waals surface area contributed by atoms with Gasteiger partial charge in [-0.2, -0.15) is 0 Å². The maximum Gasteiger partial charge on any atom is 0.155 e. The fourth-order valence-corrected chi connectivity index (χ4v) is 6.90. The number of nitrogens with zero attached hydrogens (tertiary/aromatic N) is 1. The minimum absolute atomic E-state index is 0.278. The molecule has 3 unspecified atom stereocenters. The van der Waals surface area contributed by atoms with E-state index >= 15 is 0 Å². The van der Waals surface area contributed by atoms with Crippen LogP contribution in [-0.4, -0.2) is 10.8 Å². The zero-order valence-electron chi connectivity index (χ0n) is 14.8. The molecule has 2 heteroatoms. The Balaban J connectivity index is 1.54. The topological polar surface area (TPSA) is 30.0 Å². The van der Waals surface area contributed by atoms with Gasteiger partial charge in [0.2, 0.25) is 0 Å². The second-order valence-electron chi connectivity index (χ2n) is 9.14. The second-order valence-corrected chi connectivity index (χ2v) is 9.14. The highest BCUT2D eigenvalue weighted by Gasteiger charge is 2.58. The summed E-state index contributed by atoms with van der Waals surface area (Å²) in [6, 6.07) is 4.41. The summed E-state index contributed by atoms with van der Waals surface area (Å²) in [4.78, 5) is 16.7. The van der Waals surface area contributed by atoms with E-state index in [1.54, 1.807) is 0 Å². The Hall–Kier alpha value is -1.44. The molecule has 1 aromatic rings. The van der Waals surface area contributed by atoms with E-state index < -0.39 is 0 Å². The summed E-state index contributed by atoms with van der Waals surface area (Å²) in [6.07, 6.45) is 12.0. The number of pyridine rings is 1. The minimum atomic E-state index is 0.278. The van der Waals surface area contributed by atoms with Crippen molar-refractivity contribution in [1.29, 1.82) is 0 Å². The number of ketones is 1. The van der Waals surface area contributed by atoms with Crippen LogP contribution < -0.4 is 0 Å². The maximum absolute atomic E-state index is 11.9. The molecule has 5 atom stereocenters. The molecule has 24 heavy (non-hydrogen) atoms. The molecule has 5 rings (SSSR count). The lowest BCUT2D eigenvalue weighted by atomic mass is 9.47. The van der Waals surface area contributed by atoms with E-state index in [1.807, 2.05) is 12.3 Å². The first kappa shape index (κ1) is 14.9. The highest BCUT2D eigenvalue weighted by atomic mass is 16.1. The first-order valence-corrected chi connectivity index (χ1v) is 9.71. The molecule has 0 bridgehead atoms.